The predicted octanol–water partition coefficient (Wildman–Crippen LogP) is 4.75. The summed E-state index contributed by atoms with van der Waals surface area (Å²) in [4.78, 5) is 3.03. The molecule has 102 valence electrons. The van der Waals surface area contributed by atoms with Gasteiger partial charge in [-0.2, -0.15) is 0 Å². The van der Waals surface area contributed by atoms with Crippen molar-refractivity contribution in [3.05, 3.63) is 45.6 Å². The lowest BCUT2D eigenvalue weighted by atomic mass is 10.1. The van der Waals surface area contributed by atoms with Crippen molar-refractivity contribution in [1.82, 2.24) is 0 Å². The SMILES string of the molecule is COc1ccc(CC(Br)c2ccc(C)s2)cc1OC. The molecule has 0 bridgehead atoms. The largest absolute Gasteiger partial charge is 0.493 e. The number of aryl methyl sites for hydroxylation is 1. The first-order valence-electron chi connectivity index (χ1n) is 6.05. The van der Waals surface area contributed by atoms with Gasteiger partial charge in [-0.25, -0.2) is 0 Å². The number of methoxy groups -OCH3 is 2. The molecule has 1 unspecified atom stereocenters. The van der Waals surface area contributed by atoms with Crippen LogP contribution in [-0.4, -0.2) is 14.2 Å². The van der Waals surface area contributed by atoms with Gasteiger partial charge in [-0.05, 0) is 43.2 Å². The highest BCUT2D eigenvalue weighted by molar-refractivity contribution is 9.09. The maximum atomic E-state index is 5.33. The van der Waals surface area contributed by atoms with Crippen molar-refractivity contribution in [2.75, 3.05) is 14.2 Å². The Balaban J connectivity index is 2.14. The van der Waals surface area contributed by atoms with Gasteiger partial charge in [0.15, 0.2) is 11.5 Å². The standard InChI is InChI=1S/C15H17BrO2S/c1-10-4-7-15(19-10)12(16)8-11-5-6-13(17-2)14(9-11)18-3/h4-7,9,12H,8H2,1-3H3. The summed E-state index contributed by atoms with van der Waals surface area (Å²) in [6, 6.07) is 10.4. The van der Waals surface area contributed by atoms with Gasteiger partial charge in [0.05, 0.1) is 19.0 Å². The van der Waals surface area contributed by atoms with Crippen LogP contribution >= 0.6 is 27.3 Å². The molecule has 2 nitrogen and oxygen atoms in total. The van der Waals surface area contributed by atoms with E-state index in [4.69, 9.17) is 9.47 Å². The van der Waals surface area contributed by atoms with E-state index in [-0.39, 0.29) is 0 Å². The van der Waals surface area contributed by atoms with E-state index >= 15 is 0 Å². The average molecular weight is 341 g/mol. The lowest BCUT2D eigenvalue weighted by Crippen LogP contribution is -1.96. The molecule has 4 heteroatoms. The van der Waals surface area contributed by atoms with Crippen molar-refractivity contribution >= 4 is 27.3 Å². The second-order valence-corrected chi connectivity index (χ2v) is 6.73. The fraction of sp³-hybridized carbons (Fsp3) is 0.333. The van der Waals surface area contributed by atoms with E-state index in [9.17, 15) is 0 Å². The molecular weight excluding hydrogens is 324 g/mol. The number of thiophene rings is 1. The molecule has 0 spiro atoms. The van der Waals surface area contributed by atoms with Crippen LogP contribution in [0.2, 0.25) is 0 Å². The third-order valence-corrected chi connectivity index (χ3v) is 5.17. The highest BCUT2D eigenvalue weighted by Crippen LogP contribution is 2.34. The van der Waals surface area contributed by atoms with Crippen molar-refractivity contribution in [1.29, 1.82) is 0 Å². The first-order valence-corrected chi connectivity index (χ1v) is 7.78. The van der Waals surface area contributed by atoms with Gasteiger partial charge >= 0.3 is 0 Å². The van der Waals surface area contributed by atoms with E-state index < -0.39 is 0 Å². The first-order chi connectivity index (χ1) is 9.13. The van der Waals surface area contributed by atoms with Gasteiger partial charge < -0.3 is 9.47 Å². The Bertz CT molecular complexity index is 551. The number of rotatable bonds is 5. The van der Waals surface area contributed by atoms with Crippen molar-refractivity contribution in [2.45, 2.75) is 18.2 Å². The van der Waals surface area contributed by atoms with E-state index in [0.29, 0.717) is 4.83 Å². The van der Waals surface area contributed by atoms with Crippen LogP contribution in [0, 0.1) is 6.92 Å². The topological polar surface area (TPSA) is 18.5 Å². The Hall–Kier alpha value is -1.00. The molecule has 0 N–H and O–H groups in total. The lowest BCUT2D eigenvalue weighted by molar-refractivity contribution is 0.354. The van der Waals surface area contributed by atoms with E-state index in [2.05, 4.69) is 41.1 Å². The summed E-state index contributed by atoms with van der Waals surface area (Å²) in [7, 11) is 3.31. The number of alkyl halides is 1. The van der Waals surface area contributed by atoms with E-state index in [1.165, 1.54) is 15.3 Å². The number of benzene rings is 1. The van der Waals surface area contributed by atoms with Gasteiger partial charge in [0.25, 0.3) is 0 Å². The predicted molar refractivity (Wildman–Crippen MR) is 84.0 cm³/mol. The molecule has 1 aromatic heterocycles. The van der Waals surface area contributed by atoms with Gasteiger partial charge in [-0.3, -0.25) is 0 Å². The Morgan fingerprint density at radius 3 is 2.42 bits per heavy atom. The normalized spacial score (nSPS) is 12.2. The molecule has 0 radical (unpaired) electrons. The summed E-state index contributed by atoms with van der Waals surface area (Å²) < 4.78 is 10.6. The van der Waals surface area contributed by atoms with Crippen molar-refractivity contribution < 1.29 is 9.47 Å². The molecule has 2 aromatic rings. The van der Waals surface area contributed by atoms with Crippen molar-refractivity contribution in [3.63, 3.8) is 0 Å². The Morgan fingerprint density at radius 1 is 1.11 bits per heavy atom. The van der Waals surface area contributed by atoms with Crippen molar-refractivity contribution in [2.24, 2.45) is 0 Å². The zero-order valence-electron chi connectivity index (χ0n) is 11.3. The van der Waals surface area contributed by atoms with Gasteiger partial charge in [0, 0.05) is 9.75 Å². The Labute approximate surface area is 126 Å². The van der Waals surface area contributed by atoms with E-state index in [1.807, 2.05) is 23.5 Å². The van der Waals surface area contributed by atoms with Crippen LogP contribution in [0.1, 0.15) is 20.1 Å². The molecular formula is C15H17BrO2S. The van der Waals surface area contributed by atoms with Crippen LogP contribution in [0.15, 0.2) is 30.3 Å². The quantitative estimate of drug-likeness (QED) is 0.731. The van der Waals surface area contributed by atoms with Crippen LogP contribution in [0.4, 0.5) is 0 Å². The maximum absolute atomic E-state index is 5.33. The summed E-state index contributed by atoms with van der Waals surface area (Å²) in [5, 5.41) is 0. The fourth-order valence-electron chi connectivity index (χ4n) is 1.94. The second kappa shape index (κ2) is 6.44. The number of halogens is 1. The molecule has 0 aliphatic rings. The molecule has 0 aliphatic heterocycles. The highest BCUT2D eigenvalue weighted by Gasteiger charge is 2.12. The molecule has 1 aromatic carbocycles. The number of ether oxygens (including phenoxy) is 2. The third-order valence-electron chi connectivity index (χ3n) is 2.93. The minimum atomic E-state index is 0.337. The van der Waals surface area contributed by atoms with Crippen LogP contribution in [-0.2, 0) is 6.42 Å². The minimum Gasteiger partial charge on any atom is -0.493 e. The van der Waals surface area contributed by atoms with Crippen LogP contribution in [0.5, 0.6) is 11.5 Å². The van der Waals surface area contributed by atoms with Crippen molar-refractivity contribution in [3.8, 4) is 11.5 Å². The molecule has 0 saturated carbocycles. The molecule has 1 atom stereocenters. The zero-order valence-corrected chi connectivity index (χ0v) is 13.7. The maximum Gasteiger partial charge on any atom is 0.160 e. The molecule has 1 heterocycles. The summed E-state index contributed by atoms with van der Waals surface area (Å²) >= 11 is 5.59. The Morgan fingerprint density at radius 2 is 1.84 bits per heavy atom. The first kappa shape index (κ1) is 14.4. The summed E-state index contributed by atoms with van der Waals surface area (Å²) in [6.45, 7) is 2.13. The number of hydrogen-bond donors (Lipinski definition) is 0. The summed E-state index contributed by atoms with van der Waals surface area (Å²) in [5.41, 5.74) is 1.23. The second-order valence-electron chi connectivity index (χ2n) is 4.31. The monoisotopic (exact) mass is 340 g/mol. The Kier molecular flexibility index (Phi) is 4.88. The van der Waals surface area contributed by atoms with Crippen LogP contribution < -0.4 is 9.47 Å². The average Bonchev–Trinajstić information content (AvgIpc) is 2.85. The molecule has 0 saturated heterocycles. The minimum absolute atomic E-state index is 0.337. The smallest absolute Gasteiger partial charge is 0.160 e. The third kappa shape index (κ3) is 3.51. The lowest BCUT2D eigenvalue weighted by Gasteiger charge is -2.11. The van der Waals surface area contributed by atoms with Gasteiger partial charge in [-0.15, -0.1) is 11.3 Å². The van der Waals surface area contributed by atoms with Gasteiger partial charge in [-0.1, -0.05) is 22.0 Å². The highest BCUT2D eigenvalue weighted by atomic mass is 79.9. The van der Waals surface area contributed by atoms with Crippen LogP contribution in [0.3, 0.4) is 0 Å². The van der Waals surface area contributed by atoms with E-state index in [1.54, 1.807) is 14.2 Å². The van der Waals surface area contributed by atoms with E-state index in [0.717, 1.165) is 17.9 Å². The molecule has 19 heavy (non-hydrogen) atoms. The summed E-state index contributed by atoms with van der Waals surface area (Å²) in [5.74, 6) is 1.55. The summed E-state index contributed by atoms with van der Waals surface area (Å²) in [6.07, 6.45) is 0.931. The molecule has 2 rings (SSSR count). The molecule has 0 aliphatic carbocycles. The van der Waals surface area contributed by atoms with Crippen LogP contribution in [0.25, 0.3) is 0 Å². The zero-order chi connectivity index (χ0) is 13.8. The molecule has 0 fully saturated rings. The van der Waals surface area contributed by atoms with Gasteiger partial charge in [0.1, 0.15) is 0 Å². The fourth-order valence-corrected chi connectivity index (χ4v) is 3.60. The molecule has 0 amide bonds. The number of hydrogen-bond acceptors (Lipinski definition) is 3. The van der Waals surface area contributed by atoms with Gasteiger partial charge in [0.2, 0.25) is 0 Å².